The number of H-pyrrole nitrogens is 1. The highest BCUT2D eigenvalue weighted by molar-refractivity contribution is 5.81. The third-order valence-electron chi connectivity index (χ3n) is 4.15. The molecule has 0 aliphatic heterocycles. The fourth-order valence-corrected chi connectivity index (χ4v) is 2.72. The highest BCUT2D eigenvalue weighted by Crippen LogP contribution is 2.07. The van der Waals surface area contributed by atoms with Crippen LogP contribution in [-0.4, -0.2) is 28.4 Å². The quantitative estimate of drug-likeness (QED) is 0.584. The Morgan fingerprint density at radius 1 is 1.04 bits per heavy atom. The third-order valence-corrected chi connectivity index (χ3v) is 4.15. The van der Waals surface area contributed by atoms with Crippen LogP contribution >= 0.6 is 0 Å². The largest absolute Gasteiger partial charge is 0.460 e. The van der Waals surface area contributed by atoms with Gasteiger partial charge in [-0.15, -0.1) is 0 Å². The van der Waals surface area contributed by atoms with E-state index in [1.54, 1.807) is 18.2 Å². The second kappa shape index (κ2) is 9.45. The molecule has 0 saturated heterocycles. The zero-order valence-electron chi connectivity index (χ0n) is 15.3. The molecule has 144 valence electrons. The van der Waals surface area contributed by atoms with Crippen molar-refractivity contribution < 1.29 is 14.3 Å². The van der Waals surface area contributed by atoms with Crippen LogP contribution < -0.4 is 10.9 Å². The maximum Gasteiger partial charge on any atom is 0.325 e. The number of aryl methyl sites for hydroxylation is 1. The molecular formula is C21H21N3O4. The number of carbonyl (C=O) groups excluding carboxylic acids is 2. The molecular weight excluding hydrogens is 358 g/mol. The molecule has 1 amide bonds. The summed E-state index contributed by atoms with van der Waals surface area (Å²) in [5.74, 6) is -0.198. The van der Waals surface area contributed by atoms with Crippen molar-refractivity contribution in [3.8, 4) is 0 Å². The zero-order chi connectivity index (χ0) is 19.8. The Morgan fingerprint density at radius 2 is 1.79 bits per heavy atom. The predicted molar refractivity (Wildman–Crippen MR) is 105 cm³/mol. The summed E-state index contributed by atoms with van der Waals surface area (Å²) in [6.07, 6.45) is 1.20. The first-order valence-corrected chi connectivity index (χ1v) is 9.06. The van der Waals surface area contributed by atoms with Crippen LogP contribution in [0.5, 0.6) is 0 Å². The van der Waals surface area contributed by atoms with Gasteiger partial charge in [-0.2, -0.15) is 0 Å². The minimum absolute atomic E-state index is 0.170. The van der Waals surface area contributed by atoms with Crippen LogP contribution in [0.4, 0.5) is 0 Å². The molecule has 0 radical (unpaired) electrons. The van der Waals surface area contributed by atoms with Gasteiger partial charge in [0.25, 0.3) is 5.56 Å². The third kappa shape index (κ3) is 5.51. The lowest BCUT2D eigenvalue weighted by molar-refractivity contribution is -0.145. The van der Waals surface area contributed by atoms with E-state index < -0.39 is 5.97 Å². The Morgan fingerprint density at radius 3 is 2.61 bits per heavy atom. The topological polar surface area (TPSA) is 101 Å². The van der Waals surface area contributed by atoms with Crippen molar-refractivity contribution in [1.29, 1.82) is 0 Å². The second-order valence-corrected chi connectivity index (χ2v) is 6.31. The molecule has 7 heteroatoms. The van der Waals surface area contributed by atoms with Gasteiger partial charge in [0.15, 0.2) is 0 Å². The number of rotatable bonds is 8. The van der Waals surface area contributed by atoms with Gasteiger partial charge in [0.1, 0.15) is 19.0 Å². The number of amides is 1. The maximum absolute atomic E-state index is 12.0. The minimum atomic E-state index is -0.488. The number of aromatic amines is 1. The van der Waals surface area contributed by atoms with E-state index in [4.69, 9.17) is 4.74 Å². The lowest BCUT2D eigenvalue weighted by atomic mass is 10.2. The van der Waals surface area contributed by atoms with Crippen molar-refractivity contribution in [3.05, 3.63) is 76.3 Å². The van der Waals surface area contributed by atoms with Crippen LogP contribution in [0.25, 0.3) is 10.9 Å². The number of nitrogens with zero attached hydrogens (tertiary/aromatic N) is 1. The Labute approximate surface area is 161 Å². The van der Waals surface area contributed by atoms with Crippen LogP contribution in [0.3, 0.4) is 0 Å². The minimum Gasteiger partial charge on any atom is -0.460 e. The Bertz CT molecular complexity index is 1010. The Balaban J connectivity index is 1.39. The van der Waals surface area contributed by atoms with Crippen molar-refractivity contribution in [2.24, 2.45) is 0 Å². The van der Waals surface area contributed by atoms with E-state index in [0.29, 0.717) is 29.6 Å². The number of hydrogen-bond donors (Lipinski definition) is 2. The smallest absolute Gasteiger partial charge is 0.325 e. The number of benzene rings is 2. The molecule has 0 atom stereocenters. The average molecular weight is 379 g/mol. The summed E-state index contributed by atoms with van der Waals surface area (Å²) >= 11 is 0. The maximum atomic E-state index is 12.0. The first-order valence-electron chi connectivity index (χ1n) is 9.06. The number of para-hydroxylation sites is 1. The van der Waals surface area contributed by atoms with Crippen LogP contribution in [0.1, 0.15) is 24.2 Å². The van der Waals surface area contributed by atoms with Gasteiger partial charge in [-0.05, 0) is 24.1 Å². The molecule has 3 rings (SSSR count). The highest BCUT2D eigenvalue weighted by Gasteiger charge is 2.08. The van der Waals surface area contributed by atoms with Gasteiger partial charge in [-0.25, -0.2) is 4.98 Å². The molecule has 2 N–H and O–H groups in total. The van der Waals surface area contributed by atoms with Gasteiger partial charge in [0.05, 0.1) is 10.9 Å². The summed E-state index contributed by atoms with van der Waals surface area (Å²) in [7, 11) is 0. The first kappa shape index (κ1) is 19.3. The van der Waals surface area contributed by atoms with E-state index in [-0.39, 0.29) is 31.0 Å². The normalized spacial score (nSPS) is 10.6. The fraction of sp³-hybridized carbons (Fsp3) is 0.238. The number of aromatic nitrogens is 2. The first-order chi connectivity index (χ1) is 13.6. The standard InChI is InChI=1S/C21H21N3O4/c25-19(22-13-20(26)28-14-15-7-2-1-3-8-15)12-6-11-18-23-17-10-5-4-9-16(17)21(27)24-18/h1-5,7-10H,6,11-14H2,(H,22,25)(H,23,24,27). The van der Waals surface area contributed by atoms with Gasteiger partial charge in [-0.1, -0.05) is 42.5 Å². The number of fused-ring (bicyclic) bond motifs is 1. The highest BCUT2D eigenvalue weighted by atomic mass is 16.5. The monoisotopic (exact) mass is 379 g/mol. The Hall–Kier alpha value is -3.48. The summed E-state index contributed by atoms with van der Waals surface area (Å²) in [5, 5.41) is 3.08. The number of hydrogen-bond acceptors (Lipinski definition) is 5. The number of carbonyl (C=O) groups is 2. The molecule has 28 heavy (non-hydrogen) atoms. The van der Waals surface area contributed by atoms with Crippen LogP contribution in [0.15, 0.2) is 59.4 Å². The lowest BCUT2D eigenvalue weighted by Gasteiger charge is -2.07. The molecule has 0 aliphatic rings. The van der Waals surface area contributed by atoms with Crippen molar-refractivity contribution in [2.75, 3.05) is 6.54 Å². The van der Waals surface area contributed by atoms with Crippen molar-refractivity contribution >= 4 is 22.8 Å². The van der Waals surface area contributed by atoms with Crippen molar-refractivity contribution in [1.82, 2.24) is 15.3 Å². The molecule has 0 spiro atoms. The van der Waals surface area contributed by atoms with Gasteiger partial charge < -0.3 is 15.0 Å². The van der Waals surface area contributed by atoms with Gasteiger partial charge in [0, 0.05) is 12.8 Å². The predicted octanol–water partition coefficient (Wildman–Crippen LogP) is 2.11. The van der Waals surface area contributed by atoms with E-state index >= 15 is 0 Å². The molecule has 7 nitrogen and oxygen atoms in total. The van der Waals surface area contributed by atoms with Gasteiger partial charge in [0.2, 0.25) is 5.91 Å². The molecule has 2 aromatic carbocycles. The molecule has 3 aromatic rings. The summed E-state index contributed by atoms with van der Waals surface area (Å²) in [6, 6.07) is 16.4. The lowest BCUT2D eigenvalue weighted by Crippen LogP contribution is -2.30. The number of esters is 1. The SMILES string of the molecule is O=C(CCCc1nc2ccccc2c(=O)[nH]1)NCC(=O)OCc1ccccc1. The fourth-order valence-electron chi connectivity index (χ4n) is 2.72. The van der Waals surface area contributed by atoms with Crippen molar-refractivity contribution in [3.63, 3.8) is 0 Å². The summed E-state index contributed by atoms with van der Waals surface area (Å²) in [4.78, 5) is 42.7. The number of ether oxygens (including phenoxy) is 1. The second-order valence-electron chi connectivity index (χ2n) is 6.31. The average Bonchev–Trinajstić information content (AvgIpc) is 2.71. The molecule has 1 aromatic heterocycles. The Kier molecular flexibility index (Phi) is 6.51. The molecule has 0 aliphatic carbocycles. The molecule has 0 bridgehead atoms. The molecule has 0 fully saturated rings. The van der Waals surface area contributed by atoms with Crippen molar-refractivity contribution in [2.45, 2.75) is 25.9 Å². The van der Waals surface area contributed by atoms with Crippen LogP contribution in [-0.2, 0) is 27.4 Å². The summed E-state index contributed by atoms with van der Waals surface area (Å²) in [6.45, 7) is 0.00721. The van der Waals surface area contributed by atoms with Gasteiger partial charge >= 0.3 is 5.97 Å². The molecule has 0 unspecified atom stereocenters. The summed E-state index contributed by atoms with van der Waals surface area (Å²) in [5.41, 5.74) is 1.33. The van der Waals surface area contributed by atoms with E-state index in [1.165, 1.54) is 0 Å². The number of nitrogens with one attached hydrogen (secondary N) is 2. The van der Waals surface area contributed by atoms with Gasteiger partial charge in [-0.3, -0.25) is 14.4 Å². The molecule has 1 heterocycles. The van der Waals surface area contributed by atoms with Crippen LogP contribution in [0, 0.1) is 0 Å². The van der Waals surface area contributed by atoms with E-state index in [2.05, 4.69) is 15.3 Å². The molecule has 0 saturated carbocycles. The summed E-state index contributed by atoms with van der Waals surface area (Å²) < 4.78 is 5.10. The van der Waals surface area contributed by atoms with E-state index in [0.717, 1.165) is 5.56 Å². The van der Waals surface area contributed by atoms with E-state index in [1.807, 2.05) is 36.4 Å². The van der Waals surface area contributed by atoms with Crippen LogP contribution in [0.2, 0.25) is 0 Å². The zero-order valence-corrected chi connectivity index (χ0v) is 15.3. The van der Waals surface area contributed by atoms with E-state index in [9.17, 15) is 14.4 Å².